The van der Waals surface area contributed by atoms with Crippen LogP contribution in [0, 0.1) is 23.5 Å². The SMILES string of the molecule is NC1=N[C@@]2(c3c(F)cccc3F)CO[C@@H](C3CC3)C[C@H]2CS1. The zero-order chi connectivity index (χ0) is 15.3. The van der Waals surface area contributed by atoms with Crippen molar-refractivity contribution >= 4 is 16.9 Å². The Balaban J connectivity index is 1.79. The van der Waals surface area contributed by atoms with Gasteiger partial charge >= 0.3 is 0 Å². The lowest BCUT2D eigenvalue weighted by molar-refractivity contribution is -0.0673. The second-order valence-corrected chi connectivity index (χ2v) is 7.44. The summed E-state index contributed by atoms with van der Waals surface area (Å²) in [6.07, 6.45) is 3.37. The highest BCUT2D eigenvalue weighted by molar-refractivity contribution is 8.13. The molecular formula is C16H18F2N2OS. The quantitative estimate of drug-likeness (QED) is 0.909. The van der Waals surface area contributed by atoms with E-state index in [2.05, 4.69) is 4.99 Å². The van der Waals surface area contributed by atoms with Crippen LogP contribution in [0.2, 0.25) is 0 Å². The number of ether oxygens (including phenoxy) is 1. The smallest absolute Gasteiger partial charge is 0.154 e. The first-order chi connectivity index (χ1) is 10.6. The van der Waals surface area contributed by atoms with Crippen molar-refractivity contribution in [2.24, 2.45) is 22.6 Å². The Morgan fingerprint density at radius 2 is 2.00 bits per heavy atom. The highest BCUT2D eigenvalue weighted by Crippen LogP contribution is 2.50. The molecule has 1 aromatic carbocycles. The Morgan fingerprint density at radius 3 is 2.68 bits per heavy atom. The average molecular weight is 324 g/mol. The van der Waals surface area contributed by atoms with Crippen molar-refractivity contribution in [3.63, 3.8) is 0 Å². The van der Waals surface area contributed by atoms with Crippen LogP contribution in [0.4, 0.5) is 8.78 Å². The molecule has 0 spiro atoms. The van der Waals surface area contributed by atoms with Crippen LogP contribution in [0.3, 0.4) is 0 Å². The van der Waals surface area contributed by atoms with Gasteiger partial charge in [-0.05, 0) is 37.3 Å². The summed E-state index contributed by atoms with van der Waals surface area (Å²) < 4.78 is 34.7. The van der Waals surface area contributed by atoms with E-state index in [-0.39, 0.29) is 24.2 Å². The Kier molecular flexibility index (Phi) is 3.42. The van der Waals surface area contributed by atoms with Crippen LogP contribution in [0.5, 0.6) is 0 Å². The summed E-state index contributed by atoms with van der Waals surface area (Å²) in [5.74, 6) is 0.256. The van der Waals surface area contributed by atoms with Gasteiger partial charge in [0.15, 0.2) is 5.17 Å². The van der Waals surface area contributed by atoms with E-state index in [0.717, 1.165) is 12.2 Å². The van der Waals surface area contributed by atoms with Crippen molar-refractivity contribution < 1.29 is 13.5 Å². The number of benzene rings is 1. The predicted molar refractivity (Wildman–Crippen MR) is 82.7 cm³/mol. The Hall–Kier alpha value is -1.14. The van der Waals surface area contributed by atoms with E-state index in [9.17, 15) is 8.78 Å². The minimum atomic E-state index is -1.02. The molecule has 6 heteroatoms. The molecule has 2 aliphatic heterocycles. The first-order valence-corrected chi connectivity index (χ1v) is 8.63. The molecule has 1 saturated carbocycles. The van der Waals surface area contributed by atoms with E-state index in [1.165, 1.54) is 42.8 Å². The van der Waals surface area contributed by atoms with Crippen LogP contribution in [-0.4, -0.2) is 23.6 Å². The van der Waals surface area contributed by atoms with Crippen LogP contribution in [0.15, 0.2) is 23.2 Å². The molecule has 1 aromatic rings. The van der Waals surface area contributed by atoms with Gasteiger partial charge in [0, 0.05) is 11.7 Å². The van der Waals surface area contributed by atoms with Gasteiger partial charge in [0.2, 0.25) is 0 Å². The third kappa shape index (κ3) is 2.24. The maximum Gasteiger partial charge on any atom is 0.154 e. The molecule has 0 radical (unpaired) electrons. The van der Waals surface area contributed by atoms with Crippen molar-refractivity contribution in [2.45, 2.75) is 30.9 Å². The van der Waals surface area contributed by atoms with Gasteiger partial charge in [0.05, 0.1) is 18.3 Å². The molecule has 3 aliphatic rings. The molecule has 22 heavy (non-hydrogen) atoms. The first kappa shape index (κ1) is 14.5. The Bertz CT molecular complexity index is 614. The van der Waals surface area contributed by atoms with Gasteiger partial charge < -0.3 is 10.5 Å². The summed E-state index contributed by atoms with van der Waals surface area (Å²) in [7, 11) is 0. The molecule has 2 fully saturated rings. The average Bonchev–Trinajstić information content (AvgIpc) is 3.31. The number of rotatable bonds is 2. The standard InChI is InChI=1S/C16H18F2N2OS/c17-11-2-1-3-12(18)14(11)16-8-21-13(9-4-5-9)6-10(16)7-22-15(19)20-16/h1-3,9-10,13H,4-8H2,(H2,19,20)/t10-,13+,16-/m0/s1. The molecule has 0 unspecified atom stereocenters. The fourth-order valence-electron chi connectivity index (χ4n) is 3.68. The summed E-state index contributed by atoms with van der Waals surface area (Å²) in [6.45, 7) is 0.206. The Labute approximate surface area is 132 Å². The zero-order valence-electron chi connectivity index (χ0n) is 12.1. The van der Waals surface area contributed by atoms with Gasteiger partial charge in [0.25, 0.3) is 0 Å². The molecular weight excluding hydrogens is 306 g/mol. The van der Waals surface area contributed by atoms with Gasteiger partial charge in [-0.2, -0.15) is 0 Å². The second kappa shape index (κ2) is 5.20. The highest BCUT2D eigenvalue weighted by atomic mass is 32.2. The largest absolute Gasteiger partial charge is 0.379 e. The lowest BCUT2D eigenvalue weighted by Gasteiger charge is -2.46. The number of hydrogen-bond donors (Lipinski definition) is 1. The molecule has 0 aromatic heterocycles. The fourth-order valence-corrected chi connectivity index (χ4v) is 4.69. The topological polar surface area (TPSA) is 47.6 Å². The van der Waals surface area contributed by atoms with Crippen LogP contribution >= 0.6 is 11.8 Å². The van der Waals surface area contributed by atoms with Crippen LogP contribution in [-0.2, 0) is 10.3 Å². The lowest BCUT2D eigenvalue weighted by atomic mass is 9.74. The van der Waals surface area contributed by atoms with Crippen molar-refractivity contribution in [3.05, 3.63) is 35.4 Å². The minimum Gasteiger partial charge on any atom is -0.379 e. The maximum atomic E-state index is 14.4. The predicted octanol–water partition coefficient (Wildman–Crippen LogP) is 3.04. The van der Waals surface area contributed by atoms with Crippen molar-refractivity contribution in [2.75, 3.05) is 12.4 Å². The third-order valence-corrected chi connectivity index (χ3v) is 5.95. The number of fused-ring (bicyclic) bond motifs is 1. The van der Waals surface area contributed by atoms with E-state index in [4.69, 9.17) is 10.5 Å². The fraction of sp³-hybridized carbons (Fsp3) is 0.562. The van der Waals surface area contributed by atoms with E-state index >= 15 is 0 Å². The molecule has 4 rings (SSSR count). The van der Waals surface area contributed by atoms with Gasteiger partial charge in [-0.3, -0.25) is 0 Å². The molecule has 118 valence electrons. The summed E-state index contributed by atoms with van der Waals surface area (Å²) in [5.41, 5.74) is 4.88. The maximum absolute atomic E-state index is 14.4. The molecule has 3 atom stereocenters. The summed E-state index contributed by atoms with van der Waals surface area (Å²) >= 11 is 1.47. The van der Waals surface area contributed by atoms with Gasteiger partial charge in [-0.25, -0.2) is 13.8 Å². The number of aliphatic imine (C=N–C) groups is 1. The second-order valence-electron chi connectivity index (χ2n) is 6.40. The van der Waals surface area contributed by atoms with E-state index in [0.29, 0.717) is 11.1 Å². The molecule has 0 bridgehead atoms. The van der Waals surface area contributed by atoms with E-state index in [1.807, 2.05) is 0 Å². The number of hydrogen-bond acceptors (Lipinski definition) is 4. The molecule has 1 aliphatic carbocycles. The van der Waals surface area contributed by atoms with Crippen molar-refractivity contribution in [1.82, 2.24) is 0 Å². The van der Waals surface area contributed by atoms with Crippen molar-refractivity contribution in [3.8, 4) is 0 Å². The summed E-state index contributed by atoms with van der Waals surface area (Å²) in [4.78, 5) is 4.49. The number of amidine groups is 1. The monoisotopic (exact) mass is 324 g/mol. The van der Waals surface area contributed by atoms with Gasteiger partial charge in [-0.1, -0.05) is 17.8 Å². The number of nitrogens with zero attached hydrogens (tertiary/aromatic N) is 1. The molecule has 0 amide bonds. The Morgan fingerprint density at radius 1 is 1.27 bits per heavy atom. The van der Waals surface area contributed by atoms with Crippen LogP contribution < -0.4 is 5.73 Å². The van der Waals surface area contributed by atoms with Crippen LogP contribution in [0.25, 0.3) is 0 Å². The molecule has 1 saturated heterocycles. The normalized spacial score (nSPS) is 34.9. The summed E-state index contributed by atoms with van der Waals surface area (Å²) in [5, 5.41) is 0.382. The van der Waals surface area contributed by atoms with Gasteiger partial charge in [-0.15, -0.1) is 0 Å². The lowest BCUT2D eigenvalue weighted by Crippen LogP contribution is -2.51. The minimum absolute atomic E-state index is 0.0116. The number of thioether (sulfide) groups is 1. The third-order valence-electron chi connectivity index (χ3n) is 5.00. The van der Waals surface area contributed by atoms with Crippen molar-refractivity contribution in [1.29, 1.82) is 0 Å². The molecule has 2 N–H and O–H groups in total. The van der Waals surface area contributed by atoms with Gasteiger partial charge in [0.1, 0.15) is 17.2 Å². The van der Waals surface area contributed by atoms with Crippen LogP contribution in [0.1, 0.15) is 24.8 Å². The van der Waals surface area contributed by atoms with E-state index < -0.39 is 17.2 Å². The molecule has 3 nitrogen and oxygen atoms in total. The zero-order valence-corrected chi connectivity index (χ0v) is 12.9. The highest BCUT2D eigenvalue weighted by Gasteiger charge is 2.52. The molecule has 2 heterocycles. The number of nitrogens with two attached hydrogens (primary N) is 1. The first-order valence-electron chi connectivity index (χ1n) is 7.64. The summed E-state index contributed by atoms with van der Waals surface area (Å²) in [6, 6.07) is 3.94. The number of halogens is 2. The van der Waals surface area contributed by atoms with E-state index in [1.54, 1.807) is 0 Å².